The molecule has 0 spiro atoms. The molecule has 0 aromatic carbocycles. The highest BCUT2D eigenvalue weighted by atomic mass is 15.1. The third kappa shape index (κ3) is 8.21. The van der Waals surface area contributed by atoms with Gasteiger partial charge in [0.05, 0.1) is 6.17 Å². The van der Waals surface area contributed by atoms with E-state index in [0.29, 0.717) is 6.17 Å². The van der Waals surface area contributed by atoms with Gasteiger partial charge in [-0.3, -0.25) is 0 Å². The van der Waals surface area contributed by atoms with Crippen molar-refractivity contribution < 1.29 is 0 Å². The molecule has 1 saturated carbocycles. The zero-order valence-electron chi connectivity index (χ0n) is 14.9. The molecule has 2 nitrogen and oxygen atoms in total. The lowest BCUT2D eigenvalue weighted by molar-refractivity contribution is 0.250. The van der Waals surface area contributed by atoms with E-state index in [0.717, 1.165) is 11.8 Å². The van der Waals surface area contributed by atoms with Crippen molar-refractivity contribution in [3.05, 3.63) is 0 Å². The summed E-state index contributed by atoms with van der Waals surface area (Å²) in [6.45, 7) is 2.30. The van der Waals surface area contributed by atoms with Gasteiger partial charge in [-0.25, -0.2) is 0 Å². The van der Waals surface area contributed by atoms with Crippen molar-refractivity contribution in [3.8, 4) is 0 Å². The Morgan fingerprint density at radius 3 is 2.00 bits per heavy atom. The van der Waals surface area contributed by atoms with Crippen LogP contribution in [0.4, 0.5) is 0 Å². The number of hydrogen-bond donors (Lipinski definition) is 2. The van der Waals surface area contributed by atoms with Crippen molar-refractivity contribution in [1.29, 1.82) is 0 Å². The molecule has 0 radical (unpaired) electrons. The summed E-state index contributed by atoms with van der Waals surface area (Å²) in [5.74, 6) is 1.95. The quantitative estimate of drug-likeness (QED) is 0.365. The van der Waals surface area contributed by atoms with Crippen LogP contribution in [0, 0.1) is 11.8 Å². The summed E-state index contributed by atoms with van der Waals surface area (Å²) in [7, 11) is 4.17. The van der Waals surface area contributed by atoms with E-state index < -0.39 is 0 Å². The van der Waals surface area contributed by atoms with Crippen LogP contribution in [0.1, 0.15) is 90.4 Å². The Balaban J connectivity index is 2.22. The molecule has 0 saturated heterocycles. The summed E-state index contributed by atoms with van der Waals surface area (Å²) in [6, 6.07) is 0. The van der Waals surface area contributed by atoms with Gasteiger partial charge in [-0.2, -0.15) is 0 Å². The molecular formula is C19H40N2. The van der Waals surface area contributed by atoms with Gasteiger partial charge < -0.3 is 10.6 Å². The molecule has 21 heavy (non-hydrogen) atoms. The SMILES string of the molecule is CCCCCCCCCC(CC(NC)NC)C1CCCC1. The molecule has 0 aromatic heterocycles. The molecule has 1 fully saturated rings. The van der Waals surface area contributed by atoms with Gasteiger partial charge in [0.15, 0.2) is 0 Å². The van der Waals surface area contributed by atoms with E-state index in [1.54, 1.807) is 0 Å². The first kappa shape index (κ1) is 19.0. The van der Waals surface area contributed by atoms with E-state index in [1.165, 1.54) is 83.5 Å². The minimum absolute atomic E-state index is 0.500. The van der Waals surface area contributed by atoms with E-state index in [-0.39, 0.29) is 0 Å². The first-order chi connectivity index (χ1) is 10.3. The minimum Gasteiger partial charge on any atom is -0.305 e. The number of unbranched alkanes of at least 4 members (excludes halogenated alkanes) is 6. The van der Waals surface area contributed by atoms with Crippen molar-refractivity contribution in [3.63, 3.8) is 0 Å². The Morgan fingerprint density at radius 2 is 1.43 bits per heavy atom. The zero-order chi connectivity index (χ0) is 15.3. The first-order valence-electron chi connectivity index (χ1n) is 9.66. The Labute approximate surface area is 133 Å². The van der Waals surface area contributed by atoms with Crippen LogP contribution in [0.3, 0.4) is 0 Å². The van der Waals surface area contributed by atoms with Crippen LogP contribution in [0.2, 0.25) is 0 Å². The lowest BCUT2D eigenvalue weighted by Gasteiger charge is -2.28. The largest absolute Gasteiger partial charge is 0.305 e. The highest BCUT2D eigenvalue weighted by Crippen LogP contribution is 2.36. The summed E-state index contributed by atoms with van der Waals surface area (Å²) in [4.78, 5) is 0. The van der Waals surface area contributed by atoms with Gasteiger partial charge in [0, 0.05) is 0 Å². The van der Waals surface area contributed by atoms with Gasteiger partial charge >= 0.3 is 0 Å². The molecular weight excluding hydrogens is 256 g/mol. The van der Waals surface area contributed by atoms with E-state index in [2.05, 4.69) is 31.7 Å². The molecule has 0 aliphatic heterocycles. The summed E-state index contributed by atoms with van der Waals surface area (Å²) >= 11 is 0. The van der Waals surface area contributed by atoms with Crippen molar-refractivity contribution in [1.82, 2.24) is 10.6 Å². The predicted molar refractivity (Wildman–Crippen MR) is 94.6 cm³/mol. The van der Waals surface area contributed by atoms with Crippen LogP contribution in [-0.2, 0) is 0 Å². The molecule has 2 N–H and O–H groups in total. The van der Waals surface area contributed by atoms with Crippen LogP contribution in [0.5, 0.6) is 0 Å². The van der Waals surface area contributed by atoms with Gasteiger partial charge in [0.2, 0.25) is 0 Å². The number of rotatable bonds is 13. The molecule has 1 aliphatic rings. The van der Waals surface area contributed by atoms with Crippen LogP contribution in [0.25, 0.3) is 0 Å². The molecule has 0 bridgehead atoms. The summed E-state index contributed by atoms with van der Waals surface area (Å²) in [5, 5.41) is 6.84. The van der Waals surface area contributed by atoms with Crippen molar-refractivity contribution in [2.75, 3.05) is 14.1 Å². The van der Waals surface area contributed by atoms with E-state index in [4.69, 9.17) is 0 Å². The summed E-state index contributed by atoms with van der Waals surface area (Å²) in [6.07, 6.45) is 19.2. The van der Waals surface area contributed by atoms with Gasteiger partial charge in [-0.05, 0) is 32.4 Å². The predicted octanol–water partition coefficient (Wildman–Crippen LogP) is 5.09. The fraction of sp³-hybridized carbons (Fsp3) is 1.00. The highest BCUT2D eigenvalue weighted by molar-refractivity contribution is 4.78. The zero-order valence-corrected chi connectivity index (χ0v) is 14.9. The second kappa shape index (κ2) is 12.5. The highest BCUT2D eigenvalue weighted by Gasteiger charge is 2.26. The maximum Gasteiger partial charge on any atom is 0.0569 e. The fourth-order valence-electron chi connectivity index (χ4n) is 4.02. The Kier molecular flexibility index (Phi) is 11.3. The van der Waals surface area contributed by atoms with E-state index >= 15 is 0 Å². The molecule has 1 unspecified atom stereocenters. The molecule has 1 aliphatic carbocycles. The average molecular weight is 297 g/mol. The molecule has 0 amide bonds. The Bertz CT molecular complexity index is 220. The lowest BCUT2D eigenvalue weighted by atomic mass is 9.83. The second-order valence-electron chi connectivity index (χ2n) is 7.08. The van der Waals surface area contributed by atoms with Gasteiger partial charge in [-0.15, -0.1) is 0 Å². The maximum atomic E-state index is 3.42. The number of hydrogen-bond acceptors (Lipinski definition) is 2. The monoisotopic (exact) mass is 296 g/mol. The molecule has 2 heteroatoms. The Morgan fingerprint density at radius 1 is 0.857 bits per heavy atom. The normalized spacial score (nSPS) is 17.7. The third-order valence-corrected chi connectivity index (χ3v) is 5.48. The van der Waals surface area contributed by atoms with Gasteiger partial charge in [0.1, 0.15) is 0 Å². The molecule has 1 rings (SSSR count). The van der Waals surface area contributed by atoms with Crippen molar-refractivity contribution in [2.24, 2.45) is 11.8 Å². The van der Waals surface area contributed by atoms with Crippen LogP contribution in [0.15, 0.2) is 0 Å². The number of nitrogens with one attached hydrogen (secondary N) is 2. The first-order valence-corrected chi connectivity index (χ1v) is 9.66. The summed E-state index contributed by atoms with van der Waals surface area (Å²) < 4.78 is 0. The van der Waals surface area contributed by atoms with Crippen molar-refractivity contribution >= 4 is 0 Å². The van der Waals surface area contributed by atoms with E-state index in [9.17, 15) is 0 Å². The topological polar surface area (TPSA) is 24.1 Å². The van der Waals surface area contributed by atoms with E-state index in [1.807, 2.05) is 0 Å². The lowest BCUT2D eigenvalue weighted by Crippen LogP contribution is -2.40. The molecule has 0 heterocycles. The van der Waals surface area contributed by atoms with Gasteiger partial charge in [-0.1, -0.05) is 84.0 Å². The standard InChI is InChI=1S/C19H40N2/c1-4-5-6-7-8-9-10-15-18(16-19(20-2)21-3)17-13-11-12-14-17/h17-21H,4-16H2,1-3H3. The molecule has 126 valence electrons. The molecule has 0 aromatic rings. The van der Waals surface area contributed by atoms with Crippen molar-refractivity contribution in [2.45, 2.75) is 96.6 Å². The smallest absolute Gasteiger partial charge is 0.0569 e. The van der Waals surface area contributed by atoms with Crippen LogP contribution >= 0.6 is 0 Å². The molecule has 1 atom stereocenters. The summed E-state index contributed by atoms with van der Waals surface area (Å²) in [5.41, 5.74) is 0. The van der Waals surface area contributed by atoms with Crippen LogP contribution < -0.4 is 10.6 Å². The minimum atomic E-state index is 0.500. The second-order valence-corrected chi connectivity index (χ2v) is 7.08. The van der Waals surface area contributed by atoms with Gasteiger partial charge in [0.25, 0.3) is 0 Å². The third-order valence-electron chi connectivity index (χ3n) is 5.48. The Hall–Kier alpha value is -0.0800. The average Bonchev–Trinajstić information content (AvgIpc) is 3.03. The van der Waals surface area contributed by atoms with Crippen LogP contribution in [-0.4, -0.2) is 20.3 Å². The maximum absolute atomic E-state index is 3.42. The fourth-order valence-corrected chi connectivity index (χ4v) is 4.02.